The number of para-hydroxylation sites is 2. The molecule has 2 aromatic carbocycles. The van der Waals surface area contributed by atoms with Crippen LogP contribution in [0, 0.1) is 0 Å². The van der Waals surface area contributed by atoms with E-state index in [0.29, 0.717) is 17.1 Å². The number of phenolic OH excluding ortho intramolecular Hbond substituents is 1. The number of phenols is 1. The lowest BCUT2D eigenvalue weighted by molar-refractivity contribution is -0.121. The molecular weight excluding hydrogens is 392 g/mol. The highest BCUT2D eigenvalue weighted by Gasteiger charge is 2.41. The van der Waals surface area contributed by atoms with Gasteiger partial charge in [-0.15, -0.1) is 5.10 Å². The third-order valence-corrected chi connectivity index (χ3v) is 5.25. The lowest BCUT2D eigenvalue weighted by Gasteiger charge is -2.17. The molecule has 1 atom stereocenters. The van der Waals surface area contributed by atoms with E-state index in [0.717, 1.165) is 22.2 Å². The van der Waals surface area contributed by atoms with Gasteiger partial charge in [0.2, 0.25) is 11.8 Å². The van der Waals surface area contributed by atoms with Crippen molar-refractivity contribution < 1.29 is 19.4 Å². The number of thioether (sulfide) groups is 1. The highest BCUT2D eigenvalue weighted by Crippen LogP contribution is 2.35. The van der Waals surface area contributed by atoms with Crippen molar-refractivity contribution in [1.29, 1.82) is 0 Å². The minimum absolute atomic E-state index is 0.0123. The quantitative estimate of drug-likeness (QED) is 0.337. The molecule has 9 heteroatoms. The fraction of sp³-hybridized carbons (Fsp3) is 0.200. The molecule has 1 saturated heterocycles. The Hall–Kier alpha value is -3.33. The van der Waals surface area contributed by atoms with E-state index in [9.17, 15) is 14.7 Å². The Labute approximate surface area is 172 Å². The number of nitrogens with two attached hydrogens (primary N) is 1. The molecule has 1 heterocycles. The molecule has 8 nitrogen and oxygen atoms in total. The van der Waals surface area contributed by atoms with Gasteiger partial charge in [0.15, 0.2) is 5.17 Å². The summed E-state index contributed by atoms with van der Waals surface area (Å²) in [4.78, 5) is 26.3. The number of carbonyl (C=O) groups is 2. The smallest absolute Gasteiger partial charge is 0.248 e. The molecule has 150 valence electrons. The largest absolute Gasteiger partial charge is 0.508 e. The Morgan fingerprint density at radius 2 is 1.86 bits per heavy atom. The van der Waals surface area contributed by atoms with Crippen LogP contribution in [-0.4, -0.2) is 40.2 Å². The zero-order chi connectivity index (χ0) is 21.0. The second-order valence-corrected chi connectivity index (χ2v) is 7.44. The molecule has 1 aliphatic heterocycles. The van der Waals surface area contributed by atoms with E-state index < -0.39 is 5.25 Å². The number of imide groups is 1. The molecule has 2 aromatic rings. The average Bonchev–Trinajstić information content (AvgIpc) is 2.99. The number of carbonyl (C=O) groups excluding carboxylic acids is 2. The summed E-state index contributed by atoms with van der Waals surface area (Å²) in [6.07, 6.45) is 0.0123. The van der Waals surface area contributed by atoms with Crippen LogP contribution in [0.4, 0.5) is 5.69 Å². The lowest BCUT2D eigenvalue weighted by Crippen LogP contribution is -2.32. The van der Waals surface area contributed by atoms with Crippen LogP contribution in [0.5, 0.6) is 11.5 Å². The third kappa shape index (κ3) is 4.57. The third-order valence-electron chi connectivity index (χ3n) is 4.28. The van der Waals surface area contributed by atoms with Crippen molar-refractivity contribution in [2.75, 3.05) is 12.0 Å². The van der Waals surface area contributed by atoms with E-state index in [4.69, 9.17) is 10.5 Å². The van der Waals surface area contributed by atoms with Crippen LogP contribution in [0.25, 0.3) is 0 Å². The van der Waals surface area contributed by atoms with Crippen molar-refractivity contribution in [3.8, 4) is 11.5 Å². The van der Waals surface area contributed by atoms with Gasteiger partial charge in [-0.2, -0.15) is 5.10 Å². The molecule has 0 spiro atoms. The number of benzene rings is 2. The Morgan fingerprint density at radius 1 is 1.17 bits per heavy atom. The number of methoxy groups -OCH3 is 1. The maximum Gasteiger partial charge on any atom is 0.248 e. The van der Waals surface area contributed by atoms with Crippen LogP contribution in [0.15, 0.2) is 58.7 Å². The normalized spacial score (nSPS) is 17.7. The van der Waals surface area contributed by atoms with Gasteiger partial charge in [0, 0.05) is 6.42 Å². The lowest BCUT2D eigenvalue weighted by atomic mass is 10.1. The number of nitrogens with zero attached hydrogens (tertiary/aromatic N) is 3. The van der Waals surface area contributed by atoms with Crippen molar-refractivity contribution >= 4 is 40.1 Å². The first-order valence-corrected chi connectivity index (χ1v) is 9.62. The highest BCUT2D eigenvalue weighted by atomic mass is 32.2. The van der Waals surface area contributed by atoms with Crippen molar-refractivity contribution in [1.82, 2.24) is 0 Å². The summed E-state index contributed by atoms with van der Waals surface area (Å²) in [7, 11) is 1.48. The molecule has 0 aromatic heterocycles. The molecule has 1 fully saturated rings. The molecule has 3 rings (SSSR count). The van der Waals surface area contributed by atoms with Crippen LogP contribution >= 0.6 is 11.8 Å². The van der Waals surface area contributed by atoms with E-state index in [2.05, 4.69) is 10.2 Å². The molecule has 2 amide bonds. The highest BCUT2D eigenvalue weighted by molar-refractivity contribution is 8.14. The zero-order valence-electron chi connectivity index (χ0n) is 15.9. The van der Waals surface area contributed by atoms with Gasteiger partial charge in [-0.1, -0.05) is 23.9 Å². The first-order valence-electron chi connectivity index (χ1n) is 8.74. The second kappa shape index (κ2) is 8.78. The molecular formula is C20H20N4O4S. The minimum atomic E-state index is -0.680. The second-order valence-electron chi connectivity index (χ2n) is 6.22. The monoisotopic (exact) mass is 412 g/mol. The van der Waals surface area contributed by atoms with Gasteiger partial charge >= 0.3 is 0 Å². The predicted octanol–water partition coefficient (Wildman–Crippen LogP) is 2.50. The van der Waals surface area contributed by atoms with E-state index in [1.807, 2.05) is 0 Å². The maximum absolute atomic E-state index is 12.8. The Bertz CT molecular complexity index is 988. The van der Waals surface area contributed by atoms with E-state index in [-0.39, 0.29) is 29.2 Å². The molecule has 0 aliphatic carbocycles. The average molecular weight is 412 g/mol. The van der Waals surface area contributed by atoms with Crippen molar-refractivity contribution in [2.24, 2.45) is 15.9 Å². The fourth-order valence-corrected chi connectivity index (χ4v) is 3.63. The Balaban J connectivity index is 1.72. The van der Waals surface area contributed by atoms with Gasteiger partial charge < -0.3 is 15.6 Å². The van der Waals surface area contributed by atoms with Gasteiger partial charge in [-0.25, -0.2) is 4.90 Å². The number of amides is 2. The van der Waals surface area contributed by atoms with Gasteiger partial charge in [0.1, 0.15) is 16.7 Å². The molecule has 1 aliphatic rings. The number of ether oxygens (including phenoxy) is 1. The zero-order valence-corrected chi connectivity index (χ0v) is 16.7. The van der Waals surface area contributed by atoms with Crippen molar-refractivity contribution in [2.45, 2.75) is 18.6 Å². The number of anilines is 1. The molecule has 0 radical (unpaired) electrons. The van der Waals surface area contributed by atoms with Crippen molar-refractivity contribution in [3.63, 3.8) is 0 Å². The molecule has 0 unspecified atom stereocenters. The molecule has 29 heavy (non-hydrogen) atoms. The Kier molecular flexibility index (Phi) is 6.18. The number of amidine groups is 1. The van der Waals surface area contributed by atoms with Crippen LogP contribution < -0.4 is 15.4 Å². The van der Waals surface area contributed by atoms with E-state index >= 15 is 0 Å². The SMILES string of the molecule is COc1ccccc1N1C(=O)C[C@H](SC(N)=N/N=C(\C)c2ccc(O)cc2)C1=O. The number of rotatable bonds is 5. The molecule has 0 bridgehead atoms. The van der Waals surface area contributed by atoms with Gasteiger partial charge in [0.05, 0.1) is 18.5 Å². The summed E-state index contributed by atoms with van der Waals surface area (Å²) in [6.45, 7) is 1.75. The van der Waals surface area contributed by atoms with E-state index in [1.54, 1.807) is 55.5 Å². The molecule has 3 N–H and O–H groups in total. The maximum atomic E-state index is 12.8. The topological polar surface area (TPSA) is 118 Å². The van der Waals surface area contributed by atoms with Crippen molar-refractivity contribution in [3.05, 3.63) is 54.1 Å². The Morgan fingerprint density at radius 3 is 2.55 bits per heavy atom. The molecule has 0 saturated carbocycles. The minimum Gasteiger partial charge on any atom is -0.508 e. The number of hydrogen-bond donors (Lipinski definition) is 2. The summed E-state index contributed by atoms with van der Waals surface area (Å²) >= 11 is 0.998. The first-order chi connectivity index (χ1) is 13.9. The summed E-state index contributed by atoms with van der Waals surface area (Å²) in [5, 5.41) is 16.8. The summed E-state index contributed by atoms with van der Waals surface area (Å²) in [6, 6.07) is 13.3. The standard InChI is InChI=1S/C20H20N4O4S/c1-12(13-7-9-14(25)10-8-13)22-23-20(21)29-17-11-18(26)24(19(17)27)15-5-3-4-6-16(15)28-2/h3-10,17,25H,11H2,1-2H3,(H2,21,23)/b22-12+/t17-/m0/s1. The summed E-state index contributed by atoms with van der Waals surface area (Å²) in [5.41, 5.74) is 7.69. The van der Waals surface area contributed by atoms with Crippen LogP contribution in [0.1, 0.15) is 18.9 Å². The van der Waals surface area contributed by atoms with Gasteiger partial charge in [-0.05, 0) is 48.9 Å². The number of aromatic hydroxyl groups is 1. The van der Waals surface area contributed by atoms with Gasteiger partial charge in [0.25, 0.3) is 0 Å². The first kappa shape index (κ1) is 20.4. The van der Waals surface area contributed by atoms with E-state index in [1.165, 1.54) is 7.11 Å². The van der Waals surface area contributed by atoms with Crippen LogP contribution in [-0.2, 0) is 9.59 Å². The summed E-state index contributed by atoms with van der Waals surface area (Å²) in [5.74, 6) is -0.102. The predicted molar refractivity (Wildman–Crippen MR) is 113 cm³/mol. The summed E-state index contributed by atoms with van der Waals surface area (Å²) < 4.78 is 5.25. The fourth-order valence-electron chi connectivity index (χ4n) is 2.82. The van der Waals surface area contributed by atoms with Crippen LogP contribution in [0.2, 0.25) is 0 Å². The number of hydrogen-bond acceptors (Lipinski definition) is 7. The van der Waals surface area contributed by atoms with Crippen LogP contribution in [0.3, 0.4) is 0 Å². The van der Waals surface area contributed by atoms with Gasteiger partial charge in [-0.3, -0.25) is 9.59 Å².